The monoisotopic (exact) mass is 463 g/mol. The van der Waals surface area contributed by atoms with Crippen molar-refractivity contribution in [1.29, 1.82) is 0 Å². The first-order chi connectivity index (χ1) is 15.4. The van der Waals surface area contributed by atoms with E-state index in [0.29, 0.717) is 32.1 Å². The number of rotatable bonds is 7. The lowest BCUT2D eigenvalue weighted by Gasteiger charge is -2.30. The number of benzene rings is 1. The molecule has 0 radical (unpaired) electrons. The SMILES string of the molecule is O=C(NCC1CCCO1)c1cc(NS(=O)(=O)c2ccc(F)cc2)cnc1N1CCNCC1. The molecule has 172 valence electrons. The first-order valence-corrected chi connectivity index (χ1v) is 12.0. The van der Waals surface area contributed by atoms with Gasteiger partial charge >= 0.3 is 0 Å². The van der Waals surface area contributed by atoms with E-state index in [-0.39, 0.29) is 28.2 Å². The number of ether oxygens (including phenoxy) is 1. The van der Waals surface area contributed by atoms with Crippen molar-refractivity contribution in [2.24, 2.45) is 0 Å². The fourth-order valence-electron chi connectivity index (χ4n) is 3.74. The van der Waals surface area contributed by atoms with Gasteiger partial charge in [0.2, 0.25) is 0 Å². The molecule has 0 bridgehead atoms. The van der Waals surface area contributed by atoms with Crippen LogP contribution in [0, 0.1) is 5.82 Å². The van der Waals surface area contributed by atoms with Crippen LogP contribution >= 0.6 is 0 Å². The number of anilines is 2. The van der Waals surface area contributed by atoms with Gasteiger partial charge in [-0.05, 0) is 43.2 Å². The van der Waals surface area contributed by atoms with E-state index in [1.54, 1.807) is 0 Å². The minimum atomic E-state index is -3.97. The van der Waals surface area contributed by atoms with Gasteiger partial charge in [-0.2, -0.15) is 0 Å². The van der Waals surface area contributed by atoms with Gasteiger partial charge < -0.3 is 20.3 Å². The summed E-state index contributed by atoms with van der Waals surface area (Å²) in [5.41, 5.74) is 0.430. The van der Waals surface area contributed by atoms with Crippen LogP contribution in [-0.2, 0) is 14.8 Å². The van der Waals surface area contributed by atoms with Gasteiger partial charge in [0, 0.05) is 39.3 Å². The zero-order valence-electron chi connectivity index (χ0n) is 17.5. The van der Waals surface area contributed by atoms with Crippen LogP contribution in [0.1, 0.15) is 23.2 Å². The first kappa shape index (κ1) is 22.4. The molecule has 9 nitrogen and oxygen atoms in total. The molecule has 1 unspecified atom stereocenters. The highest BCUT2D eigenvalue weighted by Gasteiger charge is 2.24. The molecule has 3 heterocycles. The van der Waals surface area contributed by atoms with E-state index in [4.69, 9.17) is 4.74 Å². The quantitative estimate of drug-likeness (QED) is 0.568. The molecule has 1 atom stereocenters. The molecular weight excluding hydrogens is 437 g/mol. The third-order valence-electron chi connectivity index (χ3n) is 5.42. The van der Waals surface area contributed by atoms with Gasteiger partial charge in [0.15, 0.2) is 0 Å². The molecule has 2 aliphatic heterocycles. The molecule has 4 rings (SSSR count). The summed E-state index contributed by atoms with van der Waals surface area (Å²) < 4.78 is 46.5. The Morgan fingerprint density at radius 2 is 2.00 bits per heavy atom. The average Bonchev–Trinajstić information content (AvgIpc) is 3.32. The summed E-state index contributed by atoms with van der Waals surface area (Å²) in [5.74, 6) is -0.373. The highest BCUT2D eigenvalue weighted by Crippen LogP contribution is 2.24. The van der Waals surface area contributed by atoms with Crippen molar-refractivity contribution in [3.63, 3.8) is 0 Å². The second-order valence-corrected chi connectivity index (χ2v) is 9.42. The number of sulfonamides is 1. The number of amides is 1. The summed E-state index contributed by atoms with van der Waals surface area (Å²) in [7, 11) is -3.97. The average molecular weight is 464 g/mol. The van der Waals surface area contributed by atoms with Crippen LogP contribution in [0.2, 0.25) is 0 Å². The highest BCUT2D eigenvalue weighted by atomic mass is 32.2. The van der Waals surface area contributed by atoms with Gasteiger partial charge in [0.25, 0.3) is 15.9 Å². The Balaban J connectivity index is 1.58. The predicted octanol–water partition coefficient (Wildman–Crippen LogP) is 1.34. The lowest BCUT2D eigenvalue weighted by Crippen LogP contribution is -2.45. The van der Waals surface area contributed by atoms with Crippen molar-refractivity contribution in [1.82, 2.24) is 15.6 Å². The van der Waals surface area contributed by atoms with Crippen LogP contribution in [0.15, 0.2) is 41.4 Å². The Morgan fingerprint density at radius 3 is 2.69 bits per heavy atom. The first-order valence-electron chi connectivity index (χ1n) is 10.6. The minimum Gasteiger partial charge on any atom is -0.376 e. The Labute approximate surface area is 186 Å². The summed E-state index contributed by atoms with van der Waals surface area (Å²) in [5, 5.41) is 6.14. The van der Waals surface area contributed by atoms with Gasteiger partial charge in [-0.3, -0.25) is 9.52 Å². The van der Waals surface area contributed by atoms with E-state index in [1.165, 1.54) is 24.4 Å². The molecule has 1 aromatic heterocycles. The molecule has 0 spiro atoms. The van der Waals surface area contributed by atoms with E-state index < -0.39 is 15.8 Å². The van der Waals surface area contributed by atoms with Crippen LogP contribution in [0.4, 0.5) is 15.9 Å². The van der Waals surface area contributed by atoms with Crippen molar-refractivity contribution in [3.05, 3.63) is 47.9 Å². The molecule has 2 aromatic rings. The maximum absolute atomic E-state index is 13.2. The fraction of sp³-hybridized carbons (Fsp3) is 0.429. The number of hydrogen-bond donors (Lipinski definition) is 3. The maximum Gasteiger partial charge on any atom is 0.261 e. The Hall–Kier alpha value is -2.76. The van der Waals surface area contributed by atoms with Crippen molar-refractivity contribution in [3.8, 4) is 0 Å². The number of piperazine rings is 1. The topological polar surface area (TPSA) is 113 Å². The molecule has 11 heteroatoms. The van der Waals surface area contributed by atoms with E-state index in [2.05, 4.69) is 20.3 Å². The number of aromatic nitrogens is 1. The summed E-state index contributed by atoms with van der Waals surface area (Å²) in [4.78, 5) is 19.3. The smallest absolute Gasteiger partial charge is 0.261 e. The van der Waals surface area contributed by atoms with Crippen LogP contribution in [0.3, 0.4) is 0 Å². The molecule has 0 saturated carbocycles. The molecular formula is C21H26FN5O4S. The zero-order chi connectivity index (χ0) is 22.6. The third-order valence-corrected chi connectivity index (χ3v) is 6.82. The number of nitrogens with one attached hydrogen (secondary N) is 3. The number of nitrogens with zero attached hydrogens (tertiary/aromatic N) is 2. The van der Waals surface area contributed by atoms with Crippen molar-refractivity contribution < 1.29 is 22.3 Å². The number of hydrogen-bond acceptors (Lipinski definition) is 7. The normalized spacial score (nSPS) is 19.0. The number of carbonyl (C=O) groups is 1. The van der Waals surface area contributed by atoms with E-state index >= 15 is 0 Å². The van der Waals surface area contributed by atoms with E-state index in [9.17, 15) is 17.6 Å². The van der Waals surface area contributed by atoms with Crippen LogP contribution in [0.25, 0.3) is 0 Å². The van der Waals surface area contributed by atoms with E-state index in [0.717, 1.165) is 38.1 Å². The second-order valence-electron chi connectivity index (χ2n) is 7.74. The molecule has 2 saturated heterocycles. The maximum atomic E-state index is 13.2. The zero-order valence-corrected chi connectivity index (χ0v) is 18.3. The van der Waals surface area contributed by atoms with Gasteiger partial charge in [0.05, 0.1) is 28.4 Å². The molecule has 2 fully saturated rings. The van der Waals surface area contributed by atoms with Gasteiger partial charge in [-0.25, -0.2) is 17.8 Å². The Morgan fingerprint density at radius 1 is 1.25 bits per heavy atom. The molecule has 0 aliphatic carbocycles. The number of carbonyl (C=O) groups excluding carboxylic acids is 1. The van der Waals surface area contributed by atoms with Crippen molar-refractivity contribution >= 4 is 27.4 Å². The number of pyridine rings is 1. The van der Waals surface area contributed by atoms with Gasteiger partial charge in [-0.1, -0.05) is 0 Å². The summed E-state index contributed by atoms with van der Waals surface area (Å²) in [6, 6.07) is 5.98. The van der Waals surface area contributed by atoms with Crippen molar-refractivity contribution in [2.45, 2.75) is 23.8 Å². The molecule has 2 aliphatic rings. The van der Waals surface area contributed by atoms with Gasteiger partial charge in [0.1, 0.15) is 11.6 Å². The Bertz CT molecular complexity index is 1050. The fourth-order valence-corrected chi connectivity index (χ4v) is 4.78. The molecule has 1 amide bonds. The minimum absolute atomic E-state index is 0.0188. The van der Waals surface area contributed by atoms with Crippen LogP contribution < -0.4 is 20.3 Å². The predicted molar refractivity (Wildman–Crippen MR) is 118 cm³/mol. The van der Waals surface area contributed by atoms with Crippen molar-refractivity contribution in [2.75, 3.05) is 49.0 Å². The molecule has 32 heavy (non-hydrogen) atoms. The largest absolute Gasteiger partial charge is 0.376 e. The van der Waals surface area contributed by atoms with E-state index in [1.807, 2.05) is 4.90 Å². The third kappa shape index (κ3) is 5.34. The summed E-state index contributed by atoms with van der Waals surface area (Å²) in [6.07, 6.45) is 3.22. The second kappa shape index (κ2) is 9.80. The Kier molecular flexibility index (Phi) is 6.87. The lowest BCUT2D eigenvalue weighted by atomic mass is 10.2. The standard InChI is InChI=1S/C21H26FN5O4S/c22-15-3-5-18(6-4-15)32(29,30)26-16-12-19(21(28)25-14-17-2-1-11-31-17)20(24-13-16)27-9-7-23-8-10-27/h3-6,12-13,17,23,26H,1-2,7-11,14H2,(H,25,28). The summed E-state index contributed by atoms with van der Waals surface area (Å²) in [6.45, 7) is 3.95. The molecule has 1 aromatic carbocycles. The lowest BCUT2D eigenvalue weighted by molar-refractivity contribution is 0.0858. The number of halogens is 1. The van der Waals surface area contributed by atoms with Gasteiger partial charge in [-0.15, -0.1) is 0 Å². The summed E-state index contributed by atoms with van der Waals surface area (Å²) >= 11 is 0. The molecule has 3 N–H and O–H groups in total. The van der Waals surface area contributed by atoms with Crippen LogP contribution in [0.5, 0.6) is 0 Å². The van der Waals surface area contributed by atoms with Crippen LogP contribution in [-0.4, -0.2) is 64.7 Å². The highest BCUT2D eigenvalue weighted by molar-refractivity contribution is 7.92.